The molecule has 0 aliphatic carbocycles. The number of hydrogen-bond acceptors (Lipinski definition) is 4. The van der Waals surface area contributed by atoms with Crippen LogP contribution in [0.2, 0.25) is 0 Å². The van der Waals surface area contributed by atoms with E-state index in [1.165, 1.54) is 5.56 Å². The van der Waals surface area contributed by atoms with Gasteiger partial charge in [0.1, 0.15) is 0 Å². The van der Waals surface area contributed by atoms with Crippen LogP contribution in [-0.4, -0.2) is 30.9 Å². The van der Waals surface area contributed by atoms with Crippen molar-refractivity contribution in [3.63, 3.8) is 0 Å². The summed E-state index contributed by atoms with van der Waals surface area (Å²) in [7, 11) is 3.90. The summed E-state index contributed by atoms with van der Waals surface area (Å²) in [5.74, 6) is 0.857. The summed E-state index contributed by atoms with van der Waals surface area (Å²) in [6.07, 6.45) is 0.122. The zero-order valence-corrected chi connectivity index (χ0v) is 12.5. The molecule has 0 amide bonds. The number of rotatable bonds is 5. The van der Waals surface area contributed by atoms with Gasteiger partial charge >= 0.3 is 0 Å². The maximum Gasteiger partial charge on any atom is 0.150 e. The molecule has 4 nitrogen and oxygen atoms in total. The molecule has 0 aliphatic heterocycles. The molecular formula is C16H21N3O. The third-order valence-electron chi connectivity index (χ3n) is 3.20. The van der Waals surface area contributed by atoms with Crippen LogP contribution in [0.4, 0.5) is 5.82 Å². The molecule has 1 atom stereocenters. The van der Waals surface area contributed by atoms with E-state index >= 15 is 0 Å². The van der Waals surface area contributed by atoms with E-state index in [1.807, 2.05) is 38.1 Å². The molecule has 2 aromatic rings. The summed E-state index contributed by atoms with van der Waals surface area (Å²) < 4.78 is 5.58. The van der Waals surface area contributed by atoms with Crippen molar-refractivity contribution >= 4 is 5.82 Å². The van der Waals surface area contributed by atoms with Gasteiger partial charge in [-0.3, -0.25) is 0 Å². The first-order chi connectivity index (χ1) is 9.61. The third-order valence-corrected chi connectivity index (χ3v) is 3.20. The highest BCUT2D eigenvalue weighted by Gasteiger charge is 2.06. The van der Waals surface area contributed by atoms with E-state index < -0.39 is 0 Å². The van der Waals surface area contributed by atoms with Crippen LogP contribution < -0.4 is 4.90 Å². The second-order valence-electron chi connectivity index (χ2n) is 4.89. The minimum absolute atomic E-state index is 0.122. The highest BCUT2D eigenvalue weighted by molar-refractivity contribution is 5.60. The molecule has 1 aromatic heterocycles. The summed E-state index contributed by atoms with van der Waals surface area (Å²) in [5.41, 5.74) is 3.12. The zero-order valence-electron chi connectivity index (χ0n) is 12.5. The van der Waals surface area contributed by atoms with Crippen LogP contribution in [0.3, 0.4) is 0 Å². The smallest absolute Gasteiger partial charge is 0.150 e. The monoisotopic (exact) mass is 271 g/mol. The molecule has 4 heteroatoms. The first kappa shape index (κ1) is 14.5. The summed E-state index contributed by atoms with van der Waals surface area (Å²) in [6.45, 7) is 4.79. The van der Waals surface area contributed by atoms with Crippen LogP contribution in [0.15, 0.2) is 36.4 Å². The lowest BCUT2D eigenvalue weighted by Crippen LogP contribution is -2.11. The molecule has 0 bridgehead atoms. The van der Waals surface area contributed by atoms with E-state index in [-0.39, 0.29) is 6.10 Å². The second kappa shape index (κ2) is 6.48. The van der Waals surface area contributed by atoms with Gasteiger partial charge in [-0.1, -0.05) is 24.3 Å². The third kappa shape index (κ3) is 3.33. The molecule has 0 saturated heterocycles. The van der Waals surface area contributed by atoms with Gasteiger partial charge in [0.2, 0.25) is 0 Å². The minimum atomic E-state index is 0.122. The molecule has 0 N–H and O–H groups in total. The summed E-state index contributed by atoms with van der Waals surface area (Å²) >= 11 is 0. The van der Waals surface area contributed by atoms with E-state index in [0.717, 1.165) is 23.7 Å². The van der Waals surface area contributed by atoms with Crippen LogP contribution in [0.5, 0.6) is 0 Å². The number of benzene rings is 1. The van der Waals surface area contributed by atoms with Crippen molar-refractivity contribution in [3.8, 4) is 11.3 Å². The summed E-state index contributed by atoms with van der Waals surface area (Å²) in [4.78, 5) is 1.93. The van der Waals surface area contributed by atoms with Crippen molar-refractivity contribution in [2.75, 3.05) is 25.6 Å². The van der Waals surface area contributed by atoms with Crippen molar-refractivity contribution in [3.05, 3.63) is 42.0 Å². The predicted molar refractivity (Wildman–Crippen MR) is 81.8 cm³/mol. The minimum Gasteiger partial charge on any atom is -0.374 e. The van der Waals surface area contributed by atoms with Crippen molar-refractivity contribution < 1.29 is 4.74 Å². The van der Waals surface area contributed by atoms with Crippen LogP contribution in [0.1, 0.15) is 25.5 Å². The Morgan fingerprint density at radius 1 is 1.05 bits per heavy atom. The molecule has 0 aliphatic rings. The van der Waals surface area contributed by atoms with E-state index in [4.69, 9.17) is 4.74 Å². The van der Waals surface area contributed by atoms with E-state index in [1.54, 1.807) is 0 Å². The van der Waals surface area contributed by atoms with Gasteiger partial charge < -0.3 is 9.64 Å². The Hall–Kier alpha value is -1.94. The lowest BCUT2D eigenvalue weighted by atomic mass is 10.1. The van der Waals surface area contributed by atoms with E-state index in [2.05, 4.69) is 41.4 Å². The van der Waals surface area contributed by atoms with Crippen LogP contribution in [0, 0.1) is 0 Å². The summed E-state index contributed by atoms with van der Waals surface area (Å²) in [6, 6.07) is 12.2. The van der Waals surface area contributed by atoms with Crippen molar-refractivity contribution in [2.24, 2.45) is 0 Å². The fourth-order valence-electron chi connectivity index (χ4n) is 1.99. The second-order valence-corrected chi connectivity index (χ2v) is 4.89. The zero-order chi connectivity index (χ0) is 14.5. The van der Waals surface area contributed by atoms with Crippen LogP contribution in [0.25, 0.3) is 11.3 Å². The van der Waals surface area contributed by atoms with Gasteiger partial charge in [0, 0.05) is 26.3 Å². The highest BCUT2D eigenvalue weighted by Crippen LogP contribution is 2.22. The van der Waals surface area contributed by atoms with Gasteiger partial charge in [-0.05, 0) is 31.5 Å². The Morgan fingerprint density at radius 3 is 2.25 bits per heavy atom. The number of anilines is 1. The van der Waals surface area contributed by atoms with Gasteiger partial charge in [-0.15, -0.1) is 10.2 Å². The topological polar surface area (TPSA) is 38.2 Å². The normalized spacial score (nSPS) is 12.2. The number of hydrogen-bond donors (Lipinski definition) is 0. The molecule has 0 radical (unpaired) electrons. The largest absolute Gasteiger partial charge is 0.374 e. The fraction of sp³-hybridized carbons (Fsp3) is 0.375. The average Bonchev–Trinajstić information content (AvgIpc) is 2.48. The number of ether oxygens (including phenoxy) is 1. The van der Waals surface area contributed by atoms with Crippen molar-refractivity contribution in [2.45, 2.75) is 20.0 Å². The fourth-order valence-corrected chi connectivity index (χ4v) is 1.99. The SMILES string of the molecule is CCO[C@H](C)c1ccc(-c2ccc(N(C)C)nn2)cc1. The molecule has 106 valence electrons. The lowest BCUT2D eigenvalue weighted by molar-refractivity contribution is 0.0764. The van der Waals surface area contributed by atoms with Crippen molar-refractivity contribution in [1.82, 2.24) is 10.2 Å². The molecule has 2 rings (SSSR count). The molecule has 0 unspecified atom stereocenters. The van der Waals surface area contributed by atoms with Gasteiger partial charge in [-0.2, -0.15) is 0 Å². The van der Waals surface area contributed by atoms with Gasteiger partial charge in [0.15, 0.2) is 5.82 Å². The Balaban J connectivity index is 2.17. The quantitative estimate of drug-likeness (QED) is 0.836. The molecule has 1 heterocycles. The van der Waals surface area contributed by atoms with E-state index in [0.29, 0.717) is 0 Å². The van der Waals surface area contributed by atoms with Crippen LogP contribution in [-0.2, 0) is 4.74 Å². The maximum atomic E-state index is 5.58. The Kier molecular flexibility index (Phi) is 4.69. The molecule has 0 fully saturated rings. The predicted octanol–water partition coefficient (Wildman–Crippen LogP) is 3.31. The van der Waals surface area contributed by atoms with Crippen molar-refractivity contribution in [1.29, 1.82) is 0 Å². The standard InChI is InChI=1S/C16H21N3O/c1-5-20-12(2)13-6-8-14(9-7-13)15-10-11-16(18-17-15)19(3)4/h6-12H,5H2,1-4H3/t12-/m1/s1. The molecule has 0 saturated carbocycles. The molecule has 0 spiro atoms. The molecular weight excluding hydrogens is 250 g/mol. The molecule has 1 aromatic carbocycles. The Morgan fingerprint density at radius 2 is 1.75 bits per heavy atom. The van der Waals surface area contributed by atoms with Gasteiger partial charge in [-0.25, -0.2) is 0 Å². The van der Waals surface area contributed by atoms with Gasteiger partial charge in [0.05, 0.1) is 11.8 Å². The van der Waals surface area contributed by atoms with Gasteiger partial charge in [0.25, 0.3) is 0 Å². The lowest BCUT2D eigenvalue weighted by Gasteiger charge is -2.13. The van der Waals surface area contributed by atoms with E-state index in [9.17, 15) is 0 Å². The molecule has 20 heavy (non-hydrogen) atoms. The number of nitrogens with zero attached hydrogens (tertiary/aromatic N) is 3. The highest BCUT2D eigenvalue weighted by atomic mass is 16.5. The number of aromatic nitrogens is 2. The maximum absolute atomic E-state index is 5.58. The average molecular weight is 271 g/mol. The first-order valence-corrected chi connectivity index (χ1v) is 6.84. The van der Waals surface area contributed by atoms with Crippen LogP contribution >= 0.6 is 0 Å². The Bertz CT molecular complexity index is 535. The summed E-state index contributed by atoms with van der Waals surface area (Å²) in [5, 5.41) is 8.45. The Labute approximate surface area is 120 Å². The first-order valence-electron chi connectivity index (χ1n) is 6.84.